The van der Waals surface area contributed by atoms with Crippen LogP contribution in [0.1, 0.15) is 68.3 Å². The molecule has 0 radical (unpaired) electrons. The first-order valence-corrected chi connectivity index (χ1v) is 8.12. The van der Waals surface area contributed by atoms with Crippen LogP contribution in [0.4, 0.5) is 0 Å². The van der Waals surface area contributed by atoms with Crippen LogP contribution < -0.4 is 0 Å². The zero-order valence-corrected chi connectivity index (χ0v) is 15.4. The van der Waals surface area contributed by atoms with Gasteiger partial charge < -0.3 is 14.5 Å². The van der Waals surface area contributed by atoms with Crippen LogP contribution in [0.25, 0.3) is 0 Å². The Morgan fingerprint density at radius 2 is 1.75 bits per heavy atom. The van der Waals surface area contributed by atoms with Gasteiger partial charge in [-0.3, -0.25) is 14.4 Å². The number of ether oxygens (including phenoxy) is 2. The normalized spacial score (nSPS) is 11.2. The van der Waals surface area contributed by atoms with Crippen molar-refractivity contribution in [3.8, 4) is 0 Å². The maximum Gasteiger partial charge on any atom is 0.306 e. The summed E-state index contributed by atoms with van der Waals surface area (Å²) in [6.07, 6.45) is 0.637. The van der Waals surface area contributed by atoms with Gasteiger partial charge in [0.05, 0.1) is 18.0 Å². The molecule has 1 aromatic heterocycles. The Morgan fingerprint density at radius 1 is 1.12 bits per heavy atom. The van der Waals surface area contributed by atoms with Crippen molar-refractivity contribution in [1.29, 1.82) is 0 Å². The van der Waals surface area contributed by atoms with Crippen molar-refractivity contribution in [3.05, 3.63) is 22.5 Å². The largest absolute Gasteiger partial charge is 0.466 e. The lowest BCUT2D eigenvalue weighted by atomic mass is 9.87. The minimum absolute atomic E-state index is 0.0218. The molecule has 0 spiro atoms. The molecule has 24 heavy (non-hydrogen) atoms. The first kappa shape index (κ1) is 19.9. The van der Waals surface area contributed by atoms with Gasteiger partial charge in [0.1, 0.15) is 6.61 Å². The number of aromatic amines is 1. The Hall–Kier alpha value is -2.11. The minimum atomic E-state index is -0.535. The number of ketones is 1. The Morgan fingerprint density at radius 3 is 2.25 bits per heavy atom. The van der Waals surface area contributed by atoms with Gasteiger partial charge >= 0.3 is 11.9 Å². The summed E-state index contributed by atoms with van der Waals surface area (Å²) in [6.45, 7) is 10.8. The highest BCUT2D eigenvalue weighted by Gasteiger charge is 2.28. The summed E-state index contributed by atoms with van der Waals surface area (Å²) in [6, 6.07) is 0. The number of carbonyl (C=O) groups excluding carboxylic acids is 3. The van der Waals surface area contributed by atoms with Crippen molar-refractivity contribution in [2.75, 3.05) is 6.61 Å². The molecule has 0 aliphatic rings. The van der Waals surface area contributed by atoms with Crippen LogP contribution >= 0.6 is 0 Å². The molecule has 0 aliphatic carbocycles. The first-order valence-electron chi connectivity index (χ1n) is 8.12. The van der Waals surface area contributed by atoms with E-state index < -0.39 is 11.4 Å². The van der Waals surface area contributed by atoms with E-state index in [4.69, 9.17) is 9.47 Å². The highest BCUT2D eigenvalue weighted by Crippen LogP contribution is 2.27. The summed E-state index contributed by atoms with van der Waals surface area (Å²) in [5, 5.41) is 0. The Bertz CT molecular complexity index is 622. The Labute approximate surface area is 142 Å². The van der Waals surface area contributed by atoms with Crippen LogP contribution in [0, 0.1) is 12.3 Å². The fraction of sp³-hybridized carbons (Fsp3) is 0.611. The molecule has 1 aromatic rings. The lowest BCUT2D eigenvalue weighted by molar-refractivity contribution is -0.143. The van der Waals surface area contributed by atoms with Gasteiger partial charge in [-0.1, -0.05) is 20.8 Å². The van der Waals surface area contributed by atoms with E-state index in [1.54, 1.807) is 6.92 Å². The van der Waals surface area contributed by atoms with E-state index >= 15 is 0 Å². The van der Waals surface area contributed by atoms with Gasteiger partial charge in [0.2, 0.25) is 0 Å². The number of hydrogen-bond acceptors (Lipinski definition) is 5. The summed E-state index contributed by atoms with van der Waals surface area (Å²) in [4.78, 5) is 38.4. The van der Waals surface area contributed by atoms with Gasteiger partial charge in [0.25, 0.3) is 0 Å². The zero-order chi connectivity index (χ0) is 18.5. The average Bonchev–Trinajstić information content (AvgIpc) is 2.77. The predicted molar refractivity (Wildman–Crippen MR) is 89.7 cm³/mol. The molecule has 0 amide bonds. The van der Waals surface area contributed by atoms with Crippen LogP contribution in [0.15, 0.2) is 0 Å². The second-order valence-electron chi connectivity index (χ2n) is 6.75. The number of hydrogen-bond donors (Lipinski definition) is 1. The summed E-state index contributed by atoms with van der Waals surface area (Å²) >= 11 is 0. The highest BCUT2D eigenvalue weighted by atomic mass is 16.5. The molecule has 1 N–H and O–H groups in total. The maximum absolute atomic E-state index is 12.6. The number of H-pyrrole nitrogens is 1. The van der Waals surface area contributed by atoms with Crippen molar-refractivity contribution >= 4 is 17.7 Å². The summed E-state index contributed by atoms with van der Waals surface area (Å²) in [7, 11) is 0. The fourth-order valence-electron chi connectivity index (χ4n) is 2.39. The van der Waals surface area contributed by atoms with E-state index in [1.807, 2.05) is 27.7 Å². The third-order valence-corrected chi connectivity index (χ3v) is 3.68. The number of esters is 2. The molecule has 0 bridgehead atoms. The van der Waals surface area contributed by atoms with Gasteiger partial charge in [-0.05, 0) is 31.4 Å². The molecule has 0 saturated carbocycles. The quantitative estimate of drug-likeness (QED) is 0.610. The topological polar surface area (TPSA) is 85.5 Å². The molecule has 0 aliphatic heterocycles. The van der Waals surface area contributed by atoms with Crippen molar-refractivity contribution in [1.82, 2.24) is 4.98 Å². The minimum Gasteiger partial charge on any atom is -0.466 e. The lowest BCUT2D eigenvalue weighted by Crippen LogP contribution is -2.21. The molecule has 0 atom stereocenters. The molecule has 0 fully saturated rings. The van der Waals surface area contributed by atoms with Crippen LogP contribution in [0.2, 0.25) is 0 Å². The number of aromatic nitrogens is 1. The third-order valence-electron chi connectivity index (χ3n) is 3.68. The number of rotatable bonds is 7. The SMILES string of the molecule is CCOC(=O)CCc1c(COC(C)=O)[nH]c(C(=O)C(C)(C)C)c1C. The van der Waals surface area contributed by atoms with Crippen LogP contribution in [0.5, 0.6) is 0 Å². The molecular weight excluding hydrogens is 310 g/mol. The lowest BCUT2D eigenvalue weighted by Gasteiger charge is -2.16. The molecule has 0 aromatic carbocycles. The fourth-order valence-corrected chi connectivity index (χ4v) is 2.39. The van der Waals surface area contributed by atoms with Gasteiger partial charge in [0, 0.05) is 18.8 Å². The van der Waals surface area contributed by atoms with E-state index in [0.717, 1.165) is 11.1 Å². The maximum atomic E-state index is 12.6. The van der Waals surface area contributed by atoms with E-state index in [0.29, 0.717) is 24.4 Å². The van der Waals surface area contributed by atoms with Gasteiger partial charge in [-0.15, -0.1) is 0 Å². The van der Waals surface area contributed by atoms with Crippen LogP contribution in [0.3, 0.4) is 0 Å². The highest BCUT2D eigenvalue weighted by molar-refractivity contribution is 6.00. The zero-order valence-electron chi connectivity index (χ0n) is 15.4. The molecule has 6 nitrogen and oxygen atoms in total. The number of carbonyl (C=O) groups is 3. The van der Waals surface area contributed by atoms with Gasteiger partial charge in [-0.25, -0.2) is 0 Å². The number of Topliss-reactive ketones (excluding diaryl/α,β-unsaturated/α-hetero) is 1. The van der Waals surface area contributed by atoms with E-state index in [2.05, 4.69) is 4.98 Å². The van der Waals surface area contributed by atoms with Gasteiger partial charge in [-0.2, -0.15) is 0 Å². The second-order valence-corrected chi connectivity index (χ2v) is 6.75. The second kappa shape index (κ2) is 8.13. The summed E-state index contributed by atoms with van der Waals surface area (Å²) in [5.41, 5.74) is 2.24. The summed E-state index contributed by atoms with van der Waals surface area (Å²) in [5.74, 6) is -0.714. The van der Waals surface area contributed by atoms with E-state index in [1.165, 1.54) is 6.92 Å². The van der Waals surface area contributed by atoms with Crippen LogP contribution in [-0.4, -0.2) is 29.3 Å². The Kier molecular flexibility index (Phi) is 6.75. The molecule has 6 heteroatoms. The first-order chi connectivity index (χ1) is 11.1. The molecular formula is C18H27NO5. The molecule has 0 saturated heterocycles. The predicted octanol–water partition coefficient (Wildman–Crippen LogP) is 3.11. The van der Waals surface area contributed by atoms with E-state index in [-0.39, 0.29) is 24.8 Å². The third kappa shape index (κ3) is 5.22. The van der Waals surface area contributed by atoms with Crippen molar-refractivity contribution in [3.63, 3.8) is 0 Å². The number of nitrogens with one attached hydrogen (secondary N) is 1. The summed E-state index contributed by atoms with van der Waals surface area (Å²) < 4.78 is 10.0. The molecule has 1 rings (SSSR count). The molecule has 1 heterocycles. The average molecular weight is 337 g/mol. The van der Waals surface area contributed by atoms with Crippen molar-refractivity contribution in [2.24, 2.45) is 5.41 Å². The smallest absolute Gasteiger partial charge is 0.306 e. The molecule has 134 valence electrons. The van der Waals surface area contributed by atoms with Crippen molar-refractivity contribution < 1.29 is 23.9 Å². The van der Waals surface area contributed by atoms with Gasteiger partial charge in [0.15, 0.2) is 5.78 Å². The molecule has 0 unspecified atom stereocenters. The monoisotopic (exact) mass is 337 g/mol. The van der Waals surface area contributed by atoms with E-state index in [9.17, 15) is 14.4 Å². The Balaban J connectivity index is 3.12. The standard InChI is InChI=1S/C18H27NO5/c1-7-23-15(21)9-8-13-11(2)16(17(22)18(4,5)6)19-14(13)10-24-12(3)20/h19H,7-10H2,1-6H3. The van der Waals surface area contributed by atoms with Crippen molar-refractivity contribution in [2.45, 2.75) is 61.0 Å². The van der Waals surface area contributed by atoms with Crippen LogP contribution in [-0.2, 0) is 32.1 Å².